The lowest BCUT2D eigenvalue weighted by Crippen LogP contribution is -2.27. The van der Waals surface area contributed by atoms with Crippen LogP contribution < -0.4 is 0 Å². The van der Waals surface area contributed by atoms with Crippen molar-refractivity contribution < 1.29 is 0 Å². The van der Waals surface area contributed by atoms with Gasteiger partial charge < -0.3 is 9.30 Å². The van der Waals surface area contributed by atoms with Gasteiger partial charge in [0.1, 0.15) is 5.82 Å². The maximum Gasteiger partial charge on any atom is 0.114 e. The lowest BCUT2D eigenvalue weighted by atomic mass is 10.1. The lowest BCUT2D eigenvalue weighted by molar-refractivity contribution is 0.305. The van der Waals surface area contributed by atoms with Gasteiger partial charge in [-0.2, -0.15) is 0 Å². The largest absolute Gasteiger partial charge is 0.304 e. The number of fused-ring (bicyclic) bond motifs is 1. The molecule has 0 amide bonds. The van der Waals surface area contributed by atoms with Crippen molar-refractivity contribution in [1.82, 2.24) is 14.3 Å². The molecule has 16 heavy (non-hydrogen) atoms. The van der Waals surface area contributed by atoms with Crippen molar-refractivity contribution in [3.8, 4) is 0 Å². The third-order valence-corrected chi connectivity index (χ3v) is 3.61. The molecule has 3 rings (SSSR count). The fourth-order valence-corrected chi connectivity index (χ4v) is 2.60. The molecule has 0 saturated carbocycles. The molecule has 0 spiro atoms. The fourth-order valence-electron chi connectivity index (χ4n) is 2.60. The highest BCUT2D eigenvalue weighted by atomic mass is 15.2. The molecule has 3 heterocycles. The monoisotopic (exact) mass is 215 g/mol. The number of hydrogen-bond acceptors (Lipinski definition) is 2. The van der Waals surface area contributed by atoms with Gasteiger partial charge in [0.05, 0.1) is 11.7 Å². The summed E-state index contributed by atoms with van der Waals surface area (Å²) in [7, 11) is 2.22. The van der Waals surface area contributed by atoms with Gasteiger partial charge in [0.25, 0.3) is 0 Å². The number of aromatic nitrogens is 2. The Morgan fingerprint density at radius 1 is 1.44 bits per heavy atom. The van der Waals surface area contributed by atoms with Crippen LogP contribution in [0.3, 0.4) is 0 Å². The maximum absolute atomic E-state index is 4.53. The summed E-state index contributed by atoms with van der Waals surface area (Å²) in [5.41, 5.74) is 1.19. The fraction of sp³-hybridized carbons (Fsp3) is 0.462. The van der Waals surface area contributed by atoms with Gasteiger partial charge in [-0.05, 0) is 38.6 Å². The first-order valence-corrected chi connectivity index (χ1v) is 5.96. The van der Waals surface area contributed by atoms with Crippen molar-refractivity contribution in [2.24, 2.45) is 0 Å². The number of imidazole rings is 1. The lowest BCUT2D eigenvalue weighted by Gasteiger charge is -2.18. The van der Waals surface area contributed by atoms with E-state index in [1.54, 1.807) is 0 Å². The van der Waals surface area contributed by atoms with Gasteiger partial charge in [0.15, 0.2) is 0 Å². The van der Waals surface area contributed by atoms with Crippen LogP contribution in [-0.2, 0) is 6.42 Å². The molecular weight excluding hydrogens is 198 g/mol. The molecule has 3 nitrogen and oxygen atoms in total. The van der Waals surface area contributed by atoms with Crippen LogP contribution in [-0.4, -0.2) is 33.9 Å². The van der Waals surface area contributed by atoms with Crippen LogP contribution in [0.15, 0.2) is 30.6 Å². The first-order chi connectivity index (χ1) is 7.84. The maximum atomic E-state index is 4.53. The summed E-state index contributed by atoms with van der Waals surface area (Å²) in [5, 5.41) is 0. The van der Waals surface area contributed by atoms with E-state index in [-0.39, 0.29) is 0 Å². The van der Waals surface area contributed by atoms with Crippen LogP contribution in [0.4, 0.5) is 0 Å². The first-order valence-electron chi connectivity index (χ1n) is 5.96. The van der Waals surface area contributed by atoms with E-state index in [0.29, 0.717) is 6.04 Å². The smallest absolute Gasteiger partial charge is 0.114 e. The molecule has 1 atom stereocenters. The van der Waals surface area contributed by atoms with E-state index >= 15 is 0 Å². The van der Waals surface area contributed by atoms with E-state index in [2.05, 4.69) is 45.7 Å². The summed E-state index contributed by atoms with van der Waals surface area (Å²) in [5.74, 6) is 1.19. The summed E-state index contributed by atoms with van der Waals surface area (Å²) >= 11 is 0. The predicted octanol–water partition coefficient (Wildman–Crippen LogP) is 1.97. The molecule has 84 valence electrons. The van der Waals surface area contributed by atoms with E-state index in [4.69, 9.17) is 0 Å². The molecule has 1 aliphatic heterocycles. The number of rotatable bonds is 2. The van der Waals surface area contributed by atoms with Gasteiger partial charge in [-0.1, -0.05) is 6.07 Å². The second-order valence-electron chi connectivity index (χ2n) is 4.65. The molecule has 1 aliphatic rings. The Balaban J connectivity index is 1.89. The Bertz CT molecular complexity index is 489. The molecule has 1 fully saturated rings. The molecule has 0 N–H and O–H groups in total. The molecule has 3 heteroatoms. The highest BCUT2D eigenvalue weighted by molar-refractivity contribution is 5.45. The zero-order chi connectivity index (χ0) is 11.0. The SMILES string of the molecule is CN1CCCC1Cc1ncc2ccccn12. The number of nitrogens with zero attached hydrogens (tertiary/aromatic N) is 3. The second-order valence-corrected chi connectivity index (χ2v) is 4.65. The van der Waals surface area contributed by atoms with E-state index in [1.165, 1.54) is 30.7 Å². The average molecular weight is 215 g/mol. The Hall–Kier alpha value is -1.35. The zero-order valence-electron chi connectivity index (χ0n) is 9.63. The molecule has 1 unspecified atom stereocenters. The van der Waals surface area contributed by atoms with Crippen LogP contribution in [0.25, 0.3) is 5.52 Å². The second kappa shape index (κ2) is 3.91. The molecule has 1 saturated heterocycles. The third kappa shape index (κ3) is 1.61. The molecular formula is C13H17N3. The number of likely N-dealkylation sites (tertiary alicyclic amines) is 1. The average Bonchev–Trinajstić information content (AvgIpc) is 2.88. The normalized spacial score (nSPS) is 21.9. The first kappa shape index (κ1) is 9.85. The van der Waals surface area contributed by atoms with Gasteiger partial charge in [-0.15, -0.1) is 0 Å². The number of pyridine rings is 1. The molecule has 0 aromatic carbocycles. The van der Waals surface area contributed by atoms with E-state index in [9.17, 15) is 0 Å². The summed E-state index contributed by atoms with van der Waals surface area (Å²) in [6.07, 6.45) is 7.76. The summed E-state index contributed by atoms with van der Waals surface area (Å²) in [6.45, 7) is 1.23. The molecule has 0 bridgehead atoms. The quantitative estimate of drug-likeness (QED) is 0.763. The zero-order valence-corrected chi connectivity index (χ0v) is 9.63. The van der Waals surface area contributed by atoms with E-state index < -0.39 is 0 Å². The van der Waals surface area contributed by atoms with Crippen LogP contribution >= 0.6 is 0 Å². The van der Waals surface area contributed by atoms with E-state index in [0.717, 1.165) is 6.42 Å². The van der Waals surface area contributed by atoms with Crippen LogP contribution in [0, 0.1) is 0 Å². The topological polar surface area (TPSA) is 20.5 Å². The van der Waals surface area contributed by atoms with Gasteiger partial charge in [-0.25, -0.2) is 4.98 Å². The minimum atomic E-state index is 0.672. The Kier molecular flexibility index (Phi) is 2.40. The highest BCUT2D eigenvalue weighted by Gasteiger charge is 2.22. The van der Waals surface area contributed by atoms with Crippen molar-refractivity contribution >= 4 is 5.52 Å². The van der Waals surface area contributed by atoms with Gasteiger partial charge >= 0.3 is 0 Å². The molecule has 0 aliphatic carbocycles. The Morgan fingerprint density at radius 3 is 3.19 bits per heavy atom. The summed E-state index contributed by atoms with van der Waals surface area (Å²) in [4.78, 5) is 6.98. The Labute approximate surface area is 95.7 Å². The van der Waals surface area contributed by atoms with Crippen LogP contribution in [0.2, 0.25) is 0 Å². The van der Waals surface area contributed by atoms with Crippen molar-refractivity contribution in [2.75, 3.05) is 13.6 Å². The molecule has 0 radical (unpaired) electrons. The van der Waals surface area contributed by atoms with Crippen LogP contribution in [0.5, 0.6) is 0 Å². The van der Waals surface area contributed by atoms with Crippen molar-refractivity contribution in [2.45, 2.75) is 25.3 Å². The Morgan fingerprint density at radius 2 is 2.38 bits per heavy atom. The summed E-state index contributed by atoms with van der Waals surface area (Å²) in [6, 6.07) is 6.90. The van der Waals surface area contributed by atoms with Crippen molar-refractivity contribution in [3.05, 3.63) is 36.4 Å². The molecule has 2 aromatic rings. The van der Waals surface area contributed by atoms with Crippen molar-refractivity contribution in [3.63, 3.8) is 0 Å². The van der Waals surface area contributed by atoms with Gasteiger partial charge in [-0.3, -0.25) is 0 Å². The van der Waals surface area contributed by atoms with Crippen molar-refractivity contribution in [1.29, 1.82) is 0 Å². The minimum absolute atomic E-state index is 0.672. The predicted molar refractivity (Wildman–Crippen MR) is 64.5 cm³/mol. The standard InChI is InChI=1S/C13H17N3/c1-15-7-4-6-11(15)9-13-14-10-12-5-2-3-8-16(12)13/h2-3,5,8,10-11H,4,6-7,9H2,1H3. The van der Waals surface area contributed by atoms with Crippen LogP contribution in [0.1, 0.15) is 18.7 Å². The van der Waals surface area contributed by atoms with Gasteiger partial charge in [0.2, 0.25) is 0 Å². The van der Waals surface area contributed by atoms with E-state index in [1.807, 2.05) is 6.20 Å². The number of likely N-dealkylation sites (N-methyl/N-ethyl adjacent to an activating group) is 1. The summed E-state index contributed by atoms with van der Waals surface area (Å²) < 4.78 is 2.20. The third-order valence-electron chi connectivity index (χ3n) is 3.61. The van der Waals surface area contributed by atoms with Gasteiger partial charge in [0, 0.05) is 18.7 Å². The highest BCUT2D eigenvalue weighted by Crippen LogP contribution is 2.19. The number of hydrogen-bond donors (Lipinski definition) is 0. The minimum Gasteiger partial charge on any atom is -0.304 e. The molecule has 2 aromatic heterocycles.